The number of rotatable bonds is 6. The zero-order valence-corrected chi connectivity index (χ0v) is 21.8. The van der Waals surface area contributed by atoms with Crippen LogP contribution in [0.5, 0.6) is 0 Å². The average molecular weight is 507 g/mol. The third-order valence-corrected chi connectivity index (χ3v) is 11.0. The molecule has 3 nitrogen and oxygen atoms in total. The summed E-state index contributed by atoms with van der Waals surface area (Å²) in [5.74, 6) is 5.00. The minimum Gasteiger partial charge on any atom is -0.748 e. The minimum atomic E-state index is -3.92. The Kier molecular flexibility index (Phi) is 9.33. The molecular formula is C28H28O3P2S. The van der Waals surface area contributed by atoms with E-state index in [1.165, 1.54) is 21.2 Å². The predicted molar refractivity (Wildman–Crippen MR) is 149 cm³/mol. The fourth-order valence-corrected chi connectivity index (χ4v) is 8.95. The summed E-state index contributed by atoms with van der Waals surface area (Å²) in [6.07, 6.45) is 0.604. The summed E-state index contributed by atoms with van der Waals surface area (Å²) in [5.41, 5.74) is 0. The van der Waals surface area contributed by atoms with E-state index >= 15 is 0 Å². The van der Waals surface area contributed by atoms with Crippen molar-refractivity contribution in [1.29, 1.82) is 0 Å². The van der Waals surface area contributed by atoms with Gasteiger partial charge in [-0.05, 0) is 48.6 Å². The molecule has 0 heterocycles. The predicted octanol–water partition coefficient (Wildman–Crippen LogP) is 5.05. The Morgan fingerprint density at radius 3 is 1.26 bits per heavy atom. The Hall–Kier alpha value is -2.61. The molecule has 0 radical (unpaired) electrons. The van der Waals surface area contributed by atoms with E-state index in [1.807, 2.05) is 0 Å². The lowest BCUT2D eigenvalue weighted by Crippen LogP contribution is -2.19. The number of hydrogen-bond acceptors (Lipinski definition) is 3. The highest BCUT2D eigenvalue weighted by Crippen LogP contribution is 2.56. The molecule has 0 amide bonds. The normalized spacial score (nSPS) is 11.8. The standard InChI is InChI=1S/C27H25P2.CH4O3S/c1-29(26-18-10-4-11-19-26,27-20-12-5-13-21-27)23-22-28(24-14-6-2-7-15-24)25-16-8-3-9-17-25;1-5(2,3)4/h2-23H,1H3;1H3,(H,2,3,4)/q+1;/p-1/b23-22+;. The van der Waals surface area contributed by atoms with Crippen molar-refractivity contribution in [2.45, 2.75) is 0 Å². The van der Waals surface area contributed by atoms with Crippen LogP contribution in [0.4, 0.5) is 0 Å². The fourth-order valence-electron chi connectivity index (χ4n) is 3.49. The molecule has 0 aliphatic rings. The lowest BCUT2D eigenvalue weighted by molar-refractivity contribution is 0.470. The second-order valence-corrected chi connectivity index (χ2v) is 14.8. The van der Waals surface area contributed by atoms with Crippen molar-refractivity contribution in [3.8, 4) is 0 Å². The minimum absolute atomic E-state index is 0.549. The Bertz CT molecular complexity index is 1190. The van der Waals surface area contributed by atoms with Gasteiger partial charge in [-0.1, -0.05) is 97.1 Å². The van der Waals surface area contributed by atoms with E-state index in [0.717, 1.165) is 0 Å². The lowest BCUT2D eigenvalue weighted by Gasteiger charge is -2.21. The molecule has 0 N–H and O–H groups in total. The van der Waals surface area contributed by atoms with Crippen molar-refractivity contribution in [1.82, 2.24) is 0 Å². The first-order valence-electron chi connectivity index (χ1n) is 10.7. The quantitative estimate of drug-likeness (QED) is 0.272. The summed E-state index contributed by atoms with van der Waals surface area (Å²) in [4.78, 5) is 0. The molecule has 0 aromatic heterocycles. The topological polar surface area (TPSA) is 57.2 Å². The van der Waals surface area contributed by atoms with Crippen molar-refractivity contribution in [2.75, 3.05) is 12.9 Å². The van der Waals surface area contributed by atoms with E-state index in [2.05, 4.69) is 140 Å². The highest BCUT2D eigenvalue weighted by molar-refractivity contribution is 7.92. The lowest BCUT2D eigenvalue weighted by atomic mass is 10.4. The van der Waals surface area contributed by atoms with E-state index in [0.29, 0.717) is 6.26 Å². The second-order valence-electron chi connectivity index (χ2n) is 7.79. The van der Waals surface area contributed by atoms with Crippen LogP contribution < -0.4 is 21.2 Å². The Balaban J connectivity index is 0.000000588. The molecule has 4 aromatic rings. The molecule has 0 unspecified atom stereocenters. The van der Waals surface area contributed by atoms with Crippen LogP contribution in [0.1, 0.15) is 0 Å². The maximum atomic E-state index is 9.08. The Morgan fingerprint density at radius 2 is 0.941 bits per heavy atom. The van der Waals surface area contributed by atoms with Gasteiger partial charge in [-0.25, -0.2) is 8.42 Å². The van der Waals surface area contributed by atoms with Crippen LogP contribution in [-0.2, 0) is 10.1 Å². The molecule has 6 heteroatoms. The van der Waals surface area contributed by atoms with Crippen molar-refractivity contribution >= 4 is 46.5 Å². The van der Waals surface area contributed by atoms with Gasteiger partial charge in [-0.15, -0.1) is 0 Å². The van der Waals surface area contributed by atoms with Gasteiger partial charge >= 0.3 is 0 Å². The van der Waals surface area contributed by atoms with E-state index in [9.17, 15) is 0 Å². The van der Waals surface area contributed by atoms with Gasteiger partial charge in [0.05, 0.1) is 22.6 Å². The van der Waals surface area contributed by atoms with E-state index in [-0.39, 0.29) is 0 Å². The molecule has 4 rings (SSSR count). The van der Waals surface area contributed by atoms with Gasteiger partial charge in [-0.3, -0.25) is 0 Å². The Morgan fingerprint density at radius 1 is 0.647 bits per heavy atom. The first-order valence-corrected chi connectivity index (χ1v) is 16.3. The van der Waals surface area contributed by atoms with Crippen LogP contribution in [-0.4, -0.2) is 25.9 Å². The van der Waals surface area contributed by atoms with Gasteiger partial charge < -0.3 is 4.55 Å². The van der Waals surface area contributed by atoms with Crippen molar-refractivity contribution in [2.24, 2.45) is 0 Å². The smallest absolute Gasteiger partial charge is 0.103 e. The molecule has 4 aromatic carbocycles. The number of benzene rings is 4. The molecule has 0 saturated heterocycles. The first-order chi connectivity index (χ1) is 16.3. The summed E-state index contributed by atoms with van der Waals surface area (Å²) < 4.78 is 27.2. The highest BCUT2D eigenvalue weighted by atomic mass is 32.2. The zero-order valence-electron chi connectivity index (χ0n) is 19.2. The zero-order chi connectivity index (χ0) is 24.4. The molecule has 0 spiro atoms. The molecule has 34 heavy (non-hydrogen) atoms. The van der Waals surface area contributed by atoms with Crippen molar-refractivity contribution in [3.63, 3.8) is 0 Å². The summed E-state index contributed by atoms with van der Waals surface area (Å²) in [6, 6.07) is 43.7. The average Bonchev–Trinajstić information content (AvgIpc) is 2.85. The molecule has 0 aliphatic heterocycles. The monoisotopic (exact) mass is 506 g/mol. The molecule has 0 atom stereocenters. The molecular weight excluding hydrogens is 478 g/mol. The largest absolute Gasteiger partial charge is 0.748 e. The first kappa shape index (κ1) is 26.0. The summed E-state index contributed by atoms with van der Waals surface area (Å²) in [5, 5.41) is 5.60. The van der Waals surface area contributed by atoms with E-state index in [1.54, 1.807) is 0 Å². The van der Waals surface area contributed by atoms with Crippen LogP contribution in [0.15, 0.2) is 133 Å². The van der Waals surface area contributed by atoms with Gasteiger partial charge in [0.25, 0.3) is 0 Å². The van der Waals surface area contributed by atoms with Gasteiger partial charge in [0.1, 0.15) is 17.9 Å². The maximum Gasteiger partial charge on any atom is 0.103 e. The highest BCUT2D eigenvalue weighted by Gasteiger charge is 2.35. The SMILES string of the molecule is CS(=O)(=O)[O-].C[P+](/C=C/P(c1ccccc1)c1ccccc1)(c1ccccc1)c1ccccc1. The van der Waals surface area contributed by atoms with Crippen LogP contribution >= 0.6 is 15.2 Å². The fraction of sp³-hybridized carbons (Fsp3) is 0.0714. The van der Waals surface area contributed by atoms with E-state index in [4.69, 9.17) is 13.0 Å². The third-order valence-electron chi connectivity index (χ3n) is 5.17. The van der Waals surface area contributed by atoms with Crippen LogP contribution in [0.2, 0.25) is 0 Å². The van der Waals surface area contributed by atoms with Crippen LogP contribution in [0.25, 0.3) is 0 Å². The molecule has 0 fully saturated rings. The summed E-state index contributed by atoms with van der Waals surface area (Å²) >= 11 is 0. The molecule has 0 saturated carbocycles. The van der Waals surface area contributed by atoms with Crippen molar-refractivity contribution in [3.05, 3.63) is 133 Å². The maximum absolute atomic E-state index is 9.08. The molecule has 0 aliphatic carbocycles. The molecule has 174 valence electrons. The Labute approximate surface area is 205 Å². The second kappa shape index (κ2) is 12.2. The van der Waals surface area contributed by atoms with Gasteiger partial charge in [0, 0.05) is 6.26 Å². The summed E-state index contributed by atoms with van der Waals surface area (Å²) in [6.45, 7) is 2.43. The third kappa shape index (κ3) is 7.72. The van der Waals surface area contributed by atoms with Crippen molar-refractivity contribution < 1.29 is 13.0 Å². The molecule has 0 bridgehead atoms. The van der Waals surface area contributed by atoms with Crippen LogP contribution in [0, 0.1) is 0 Å². The summed E-state index contributed by atoms with van der Waals surface area (Å²) in [7, 11) is -6.10. The van der Waals surface area contributed by atoms with Gasteiger partial charge in [0.15, 0.2) is 0 Å². The van der Waals surface area contributed by atoms with Crippen LogP contribution in [0.3, 0.4) is 0 Å². The van der Waals surface area contributed by atoms with E-state index < -0.39 is 25.3 Å². The number of hydrogen-bond donors (Lipinski definition) is 0. The van der Waals surface area contributed by atoms with Gasteiger partial charge in [0.2, 0.25) is 0 Å². The van der Waals surface area contributed by atoms with Gasteiger partial charge in [-0.2, -0.15) is 0 Å².